The molecule has 0 bridgehead atoms. The average molecular weight is 375 g/mol. The van der Waals surface area contributed by atoms with E-state index in [0.717, 1.165) is 0 Å². The van der Waals surface area contributed by atoms with Gasteiger partial charge in [-0.15, -0.1) is 11.8 Å². The third kappa shape index (κ3) is 5.13. The first-order valence-electron chi connectivity index (χ1n) is 6.01. The minimum atomic E-state index is -0.351. The molecule has 0 amide bonds. The molecule has 2 rings (SSSR count). The number of carbonyl (C=O) groups excluding carboxylic acids is 1. The first-order valence-corrected chi connectivity index (χ1v) is 7.96. The van der Waals surface area contributed by atoms with Crippen LogP contribution in [-0.4, -0.2) is 21.9 Å². The maximum Gasteiger partial charge on any atom is 0.316 e. The van der Waals surface area contributed by atoms with Crippen molar-refractivity contribution in [2.24, 2.45) is 0 Å². The van der Waals surface area contributed by atoms with Gasteiger partial charge in [-0.3, -0.25) is 4.79 Å². The molecule has 0 N–H and O–H groups in total. The van der Waals surface area contributed by atoms with Crippen LogP contribution in [-0.2, 0) is 21.9 Å². The fourth-order valence-corrected chi connectivity index (χ4v) is 2.58. The molecule has 0 saturated heterocycles. The van der Waals surface area contributed by atoms with E-state index in [9.17, 15) is 9.18 Å². The fourth-order valence-electron chi connectivity index (χ4n) is 1.46. The maximum atomic E-state index is 12.9. The van der Waals surface area contributed by atoms with Gasteiger partial charge in [0.2, 0.25) is 5.89 Å². The Hall–Kier alpha value is -1.41. The number of aryl methyl sites for hydroxylation is 1. The van der Waals surface area contributed by atoms with Crippen molar-refractivity contribution in [2.45, 2.75) is 19.3 Å². The zero-order valence-electron chi connectivity index (χ0n) is 11.1. The molecule has 1 heterocycles. The number of thioether (sulfide) groups is 1. The topological polar surface area (TPSA) is 65.2 Å². The minimum absolute atomic E-state index is 0.0988. The molecule has 0 saturated carbocycles. The second-order valence-electron chi connectivity index (χ2n) is 4.12. The third-order valence-electron chi connectivity index (χ3n) is 2.42. The van der Waals surface area contributed by atoms with Crippen LogP contribution in [0.4, 0.5) is 4.39 Å². The molecule has 0 aliphatic carbocycles. The summed E-state index contributed by atoms with van der Waals surface area (Å²) in [5.74, 6) is 1.01. The molecule has 5 nitrogen and oxygen atoms in total. The first-order chi connectivity index (χ1) is 10.0. The lowest BCUT2D eigenvalue weighted by Gasteiger charge is -2.06. The summed E-state index contributed by atoms with van der Waals surface area (Å²) in [5.41, 5.74) is 0.712. The number of nitrogens with zero attached hydrogens (tertiary/aromatic N) is 2. The number of aromatic nitrogens is 2. The minimum Gasteiger partial charge on any atom is -0.460 e. The summed E-state index contributed by atoms with van der Waals surface area (Å²) in [7, 11) is 0. The Morgan fingerprint density at radius 2 is 2.33 bits per heavy atom. The number of carbonyl (C=O) groups is 1. The highest BCUT2D eigenvalue weighted by Crippen LogP contribution is 2.19. The molecule has 21 heavy (non-hydrogen) atoms. The van der Waals surface area contributed by atoms with Gasteiger partial charge in [0.1, 0.15) is 12.4 Å². The molecule has 0 unspecified atom stereocenters. The van der Waals surface area contributed by atoms with E-state index in [0.29, 0.717) is 27.5 Å². The van der Waals surface area contributed by atoms with Crippen molar-refractivity contribution in [3.63, 3.8) is 0 Å². The summed E-state index contributed by atoms with van der Waals surface area (Å²) in [5, 5.41) is 3.73. The molecule has 0 aliphatic rings. The number of benzene rings is 1. The lowest BCUT2D eigenvalue weighted by Crippen LogP contribution is -2.08. The van der Waals surface area contributed by atoms with E-state index in [1.807, 2.05) is 0 Å². The number of hydrogen-bond acceptors (Lipinski definition) is 6. The smallest absolute Gasteiger partial charge is 0.316 e. The molecular weight excluding hydrogens is 363 g/mol. The predicted molar refractivity (Wildman–Crippen MR) is 79.1 cm³/mol. The number of halogens is 2. The maximum absolute atomic E-state index is 12.9. The van der Waals surface area contributed by atoms with Gasteiger partial charge in [0.25, 0.3) is 0 Å². The van der Waals surface area contributed by atoms with Crippen LogP contribution in [0.3, 0.4) is 0 Å². The molecule has 0 radical (unpaired) electrons. The Morgan fingerprint density at radius 3 is 3.00 bits per heavy atom. The molecule has 8 heteroatoms. The highest BCUT2D eigenvalue weighted by molar-refractivity contribution is 9.10. The summed E-state index contributed by atoms with van der Waals surface area (Å²) < 4.78 is 23.4. The van der Waals surface area contributed by atoms with E-state index in [4.69, 9.17) is 9.26 Å². The first kappa shape index (κ1) is 16.0. The van der Waals surface area contributed by atoms with Crippen LogP contribution in [0.15, 0.2) is 27.2 Å². The summed E-state index contributed by atoms with van der Waals surface area (Å²) in [6.07, 6.45) is 0. The molecule has 1 aromatic carbocycles. The van der Waals surface area contributed by atoms with Crippen LogP contribution in [0.1, 0.15) is 17.3 Å². The lowest BCUT2D eigenvalue weighted by atomic mass is 10.2. The van der Waals surface area contributed by atoms with Gasteiger partial charge in [0.15, 0.2) is 5.82 Å². The zero-order valence-corrected chi connectivity index (χ0v) is 13.5. The van der Waals surface area contributed by atoms with Gasteiger partial charge >= 0.3 is 5.97 Å². The molecule has 112 valence electrons. The summed E-state index contributed by atoms with van der Waals surface area (Å²) in [4.78, 5) is 15.6. The Balaban J connectivity index is 1.72. The Labute approximate surface area is 133 Å². The largest absolute Gasteiger partial charge is 0.460 e. The molecule has 0 fully saturated rings. The summed E-state index contributed by atoms with van der Waals surface area (Å²) in [6.45, 7) is 1.80. The van der Waals surface area contributed by atoms with E-state index in [2.05, 4.69) is 26.1 Å². The molecule has 2 aromatic rings. The van der Waals surface area contributed by atoms with Crippen molar-refractivity contribution in [3.8, 4) is 0 Å². The summed E-state index contributed by atoms with van der Waals surface area (Å²) in [6, 6.07) is 4.22. The van der Waals surface area contributed by atoms with E-state index in [1.54, 1.807) is 13.0 Å². The van der Waals surface area contributed by atoms with E-state index in [1.165, 1.54) is 23.9 Å². The average Bonchev–Trinajstić information content (AvgIpc) is 2.83. The number of hydrogen-bond donors (Lipinski definition) is 0. The molecule has 0 atom stereocenters. The van der Waals surface area contributed by atoms with Crippen LogP contribution < -0.4 is 0 Å². The van der Waals surface area contributed by atoms with Crippen LogP contribution in [0.5, 0.6) is 0 Å². The van der Waals surface area contributed by atoms with Gasteiger partial charge in [-0.25, -0.2) is 4.39 Å². The quantitative estimate of drug-likeness (QED) is 0.723. The van der Waals surface area contributed by atoms with Gasteiger partial charge in [0, 0.05) is 17.0 Å². The van der Waals surface area contributed by atoms with Gasteiger partial charge in [-0.05, 0) is 12.1 Å². The molecule has 0 spiro atoms. The van der Waals surface area contributed by atoms with E-state index in [-0.39, 0.29) is 24.1 Å². The standard InChI is InChI=1S/C13H12BrFN2O3S/c1-8-16-12(17-20-8)6-21-7-13(18)19-5-9-2-3-10(15)4-11(9)14/h2-4H,5-7H2,1H3. The molecular formula is C13H12BrFN2O3S. The van der Waals surface area contributed by atoms with Crippen molar-refractivity contribution < 1.29 is 18.4 Å². The van der Waals surface area contributed by atoms with Gasteiger partial charge in [-0.1, -0.05) is 27.2 Å². The van der Waals surface area contributed by atoms with Crippen LogP contribution in [0, 0.1) is 12.7 Å². The van der Waals surface area contributed by atoms with Crippen LogP contribution in [0.25, 0.3) is 0 Å². The van der Waals surface area contributed by atoms with Crippen molar-refractivity contribution in [1.29, 1.82) is 0 Å². The van der Waals surface area contributed by atoms with E-state index >= 15 is 0 Å². The number of esters is 1. The predicted octanol–water partition coefficient (Wildman–Crippen LogP) is 3.26. The highest BCUT2D eigenvalue weighted by atomic mass is 79.9. The second-order valence-corrected chi connectivity index (χ2v) is 5.96. The van der Waals surface area contributed by atoms with E-state index < -0.39 is 0 Å². The molecule has 0 aliphatic heterocycles. The Morgan fingerprint density at radius 1 is 1.52 bits per heavy atom. The van der Waals surface area contributed by atoms with Crippen LogP contribution >= 0.6 is 27.7 Å². The summed E-state index contributed by atoms with van der Waals surface area (Å²) >= 11 is 4.56. The highest BCUT2D eigenvalue weighted by Gasteiger charge is 2.08. The normalized spacial score (nSPS) is 10.6. The van der Waals surface area contributed by atoms with Gasteiger partial charge in [0.05, 0.1) is 11.5 Å². The third-order valence-corrected chi connectivity index (χ3v) is 4.06. The number of rotatable bonds is 6. The van der Waals surface area contributed by atoms with Crippen LogP contribution in [0.2, 0.25) is 0 Å². The Bertz CT molecular complexity index is 636. The van der Waals surface area contributed by atoms with Crippen molar-refractivity contribution in [1.82, 2.24) is 10.1 Å². The fraction of sp³-hybridized carbons (Fsp3) is 0.308. The van der Waals surface area contributed by atoms with Crippen molar-refractivity contribution in [2.75, 3.05) is 5.75 Å². The van der Waals surface area contributed by atoms with Gasteiger partial charge < -0.3 is 9.26 Å². The lowest BCUT2D eigenvalue weighted by molar-refractivity contribution is -0.141. The number of ether oxygens (including phenoxy) is 1. The van der Waals surface area contributed by atoms with Crippen molar-refractivity contribution >= 4 is 33.7 Å². The van der Waals surface area contributed by atoms with Crippen molar-refractivity contribution in [3.05, 3.63) is 45.8 Å². The SMILES string of the molecule is Cc1nc(CSCC(=O)OCc2ccc(F)cc2Br)no1. The zero-order chi connectivity index (χ0) is 15.2. The van der Waals surface area contributed by atoms with Gasteiger partial charge in [-0.2, -0.15) is 4.98 Å². The Kier molecular flexibility index (Phi) is 5.75. The monoisotopic (exact) mass is 374 g/mol. The molecule has 1 aromatic heterocycles. The second kappa shape index (κ2) is 7.56.